The van der Waals surface area contributed by atoms with Gasteiger partial charge < -0.3 is 4.57 Å². The van der Waals surface area contributed by atoms with Crippen molar-refractivity contribution in [1.82, 2.24) is 4.57 Å². The molecule has 0 amide bonds. The minimum absolute atomic E-state index is 0.740. The lowest BCUT2D eigenvalue weighted by Gasteiger charge is -2.11. The van der Waals surface area contributed by atoms with E-state index in [2.05, 4.69) is 138 Å². The molecule has 0 bridgehead atoms. The van der Waals surface area contributed by atoms with E-state index in [1.165, 1.54) is 38.8 Å². The van der Waals surface area contributed by atoms with Crippen molar-refractivity contribution in [3.05, 3.63) is 151 Å². The van der Waals surface area contributed by atoms with Gasteiger partial charge in [0.1, 0.15) is 0 Å². The maximum absolute atomic E-state index is 6.56. The van der Waals surface area contributed by atoms with Gasteiger partial charge in [-0.3, -0.25) is 0 Å². The molecule has 0 N–H and O–H groups in total. The van der Waals surface area contributed by atoms with Crippen molar-refractivity contribution in [2.45, 2.75) is 0 Å². The van der Waals surface area contributed by atoms with Crippen LogP contribution in [0.15, 0.2) is 146 Å². The van der Waals surface area contributed by atoms with Crippen molar-refractivity contribution in [3.63, 3.8) is 0 Å². The van der Waals surface area contributed by atoms with Crippen molar-refractivity contribution < 1.29 is 0 Å². The van der Waals surface area contributed by atoms with Gasteiger partial charge in [-0.25, -0.2) is 0 Å². The molecule has 0 fully saturated rings. The highest BCUT2D eigenvalue weighted by Gasteiger charge is 2.17. The van der Waals surface area contributed by atoms with E-state index < -0.39 is 0 Å². The fourth-order valence-corrected chi connectivity index (χ4v) is 5.66. The average molecular weight is 506 g/mol. The Hall–Kier alpha value is -4.59. The Morgan fingerprint density at radius 3 is 1.76 bits per heavy atom. The van der Waals surface area contributed by atoms with Gasteiger partial charge in [0.2, 0.25) is 0 Å². The molecule has 0 atom stereocenters. The molecule has 1 heterocycles. The van der Waals surface area contributed by atoms with Gasteiger partial charge in [0.15, 0.2) is 0 Å². The Kier molecular flexibility index (Phi) is 5.57. The van der Waals surface area contributed by atoms with Crippen LogP contribution in [0, 0.1) is 0 Å². The molecule has 2 heteroatoms. The molecule has 6 aromatic carbocycles. The minimum atomic E-state index is 0.740. The molecule has 0 unspecified atom stereocenters. The number of halogens is 1. The SMILES string of the molecule is Clc1ccc2c(c1)c1c(-c3cccc(-c4ccccc4)c3)cccc1n2-c1ccc(-c2ccccc2)cc1. The number of hydrogen-bond acceptors (Lipinski definition) is 0. The average Bonchev–Trinajstić information content (AvgIpc) is 3.32. The van der Waals surface area contributed by atoms with Crippen LogP contribution in [0.2, 0.25) is 5.02 Å². The van der Waals surface area contributed by atoms with Crippen LogP contribution >= 0.6 is 11.6 Å². The highest BCUT2D eigenvalue weighted by atomic mass is 35.5. The molecule has 38 heavy (non-hydrogen) atoms. The fourth-order valence-electron chi connectivity index (χ4n) is 5.49. The zero-order valence-electron chi connectivity index (χ0n) is 20.7. The summed E-state index contributed by atoms with van der Waals surface area (Å²) in [5, 5.41) is 3.10. The summed E-state index contributed by atoms with van der Waals surface area (Å²) in [4.78, 5) is 0. The lowest BCUT2D eigenvalue weighted by Crippen LogP contribution is -1.93. The van der Waals surface area contributed by atoms with Crippen molar-refractivity contribution in [1.29, 1.82) is 0 Å². The summed E-state index contributed by atoms with van der Waals surface area (Å²) in [6, 6.07) is 51.4. The van der Waals surface area contributed by atoms with Gasteiger partial charge in [0, 0.05) is 21.5 Å². The number of fused-ring (bicyclic) bond motifs is 3. The summed E-state index contributed by atoms with van der Waals surface area (Å²) in [7, 11) is 0. The fraction of sp³-hybridized carbons (Fsp3) is 0. The molecule has 0 aliphatic carbocycles. The number of hydrogen-bond donors (Lipinski definition) is 0. The largest absolute Gasteiger partial charge is 0.309 e. The van der Waals surface area contributed by atoms with Gasteiger partial charge in [-0.1, -0.05) is 115 Å². The number of benzene rings is 6. The Morgan fingerprint density at radius 2 is 1.03 bits per heavy atom. The summed E-state index contributed by atoms with van der Waals surface area (Å²) in [5.74, 6) is 0. The van der Waals surface area contributed by atoms with Crippen molar-refractivity contribution in [2.24, 2.45) is 0 Å². The third-order valence-corrected chi connectivity index (χ3v) is 7.50. The summed E-state index contributed by atoms with van der Waals surface area (Å²) >= 11 is 6.56. The molecule has 0 saturated heterocycles. The highest BCUT2D eigenvalue weighted by Crippen LogP contribution is 2.40. The van der Waals surface area contributed by atoms with E-state index >= 15 is 0 Å². The molecule has 1 nitrogen and oxygen atoms in total. The van der Waals surface area contributed by atoms with Gasteiger partial charge in [0.05, 0.1) is 11.0 Å². The van der Waals surface area contributed by atoms with Crippen molar-refractivity contribution in [2.75, 3.05) is 0 Å². The third kappa shape index (κ3) is 3.89. The maximum atomic E-state index is 6.56. The van der Waals surface area contributed by atoms with Gasteiger partial charge in [-0.2, -0.15) is 0 Å². The Bertz CT molecular complexity index is 1900. The van der Waals surface area contributed by atoms with Crippen LogP contribution in [0.3, 0.4) is 0 Å². The zero-order chi connectivity index (χ0) is 25.5. The summed E-state index contributed by atoms with van der Waals surface area (Å²) in [5.41, 5.74) is 10.7. The normalized spacial score (nSPS) is 11.3. The molecule has 0 saturated carbocycles. The molecular weight excluding hydrogens is 482 g/mol. The molecular formula is C36H24ClN. The number of rotatable bonds is 4. The Labute approximate surface area is 227 Å². The van der Waals surface area contributed by atoms with Gasteiger partial charge in [-0.05, 0) is 75.8 Å². The van der Waals surface area contributed by atoms with E-state index in [9.17, 15) is 0 Å². The summed E-state index contributed by atoms with van der Waals surface area (Å²) < 4.78 is 2.35. The van der Waals surface area contributed by atoms with Crippen LogP contribution in [0.25, 0.3) is 60.9 Å². The first kappa shape index (κ1) is 22.6. The zero-order valence-corrected chi connectivity index (χ0v) is 21.4. The van der Waals surface area contributed by atoms with Crippen LogP contribution < -0.4 is 0 Å². The van der Waals surface area contributed by atoms with Crippen molar-refractivity contribution in [3.8, 4) is 39.1 Å². The predicted octanol–water partition coefficient (Wildman–Crippen LogP) is 10.4. The number of nitrogens with zero attached hydrogens (tertiary/aromatic N) is 1. The second-order valence-corrected chi connectivity index (χ2v) is 9.99. The smallest absolute Gasteiger partial charge is 0.0547 e. The van der Waals surface area contributed by atoms with Crippen molar-refractivity contribution >= 4 is 33.4 Å². The van der Waals surface area contributed by atoms with E-state index in [1.807, 2.05) is 12.1 Å². The van der Waals surface area contributed by atoms with Gasteiger partial charge >= 0.3 is 0 Å². The van der Waals surface area contributed by atoms with Gasteiger partial charge in [0.25, 0.3) is 0 Å². The second kappa shape index (κ2) is 9.37. The first-order valence-corrected chi connectivity index (χ1v) is 13.2. The molecule has 7 aromatic rings. The van der Waals surface area contributed by atoms with E-state index in [1.54, 1.807) is 0 Å². The molecule has 0 aliphatic heterocycles. The Morgan fingerprint density at radius 1 is 0.421 bits per heavy atom. The maximum Gasteiger partial charge on any atom is 0.0547 e. The van der Waals surface area contributed by atoms with Crippen LogP contribution in [-0.4, -0.2) is 4.57 Å². The molecule has 7 rings (SSSR count). The van der Waals surface area contributed by atoms with Crippen LogP contribution in [0.5, 0.6) is 0 Å². The monoisotopic (exact) mass is 505 g/mol. The summed E-state index contributed by atoms with van der Waals surface area (Å²) in [6.07, 6.45) is 0. The van der Waals surface area contributed by atoms with E-state index in [0.29, 0.717) is 0 Å². The molecule has 180 valence electrons. The van der Waals surface area contributed by atoms with Crippen LogP contribution in [0.1, 0.15) is 0 Å². The second-order valence-electron chi connectivity index (χ2n) is 9.56. The quantitative estimate of drug-likeness (QED) is 0.224. The summed E-state index contributed by atoms with van der Waals surface area (Å²) in [6.45, 7) is 0. The molecule has 0 aliphatic rings. The first-order chi connectivity index (χ1) is 18.8. The number of aromatic nitrogens is 1. The van der Waals surface area contributed by atoms with Crippen LogP contribution in [0.4, 0.5) is 0 Å². The minimum Gasteiger partial charge on any atom is -0.309 e. The van der Waals surface area contributed by atoms with E-state index in [-0.39, 0.29) is 0 Å². The predicted molar refractivity (Wildman–Crippen MR) is 162 cm³/mol. The molecule has 0 spiro atoms. The van der Waals surface area contributed by atoms with E-state index in [4.69, 9.17) is 11.6 Å². The molecule has 1 aromatic heterocycles. The topological polar surface area (TPSA) is 4.93 Å². The first-order valence-electron chi connectivity index (χ1n) is 12.8. The van der Waals surface area contributed by atoms with Gasteiger partial charge in [-0.15, -0.1) is 0 Å². The van der Waals surface area contributed by atoms with E-state index in [0.717, 1.165) is 27.1 Å². The lowest BCUT2D eigenvalue weighted by molar-refractivity contribution is 1.18. The highest BCUT2D eigenvalue weighted by molar-refractivity contribution is 6.32. The standard InChI is InChI=1S/C36H24ClN/c37-30-19-22-34-33(24-30)36-32(29-14-7-13-28(23-29)26-11-5-2-6-12-26)15-8-16-35(36)38(34)31-20-17-27(18-21-31)25-9-3-1-4-10-25/h1-24H. The Balaban J connectivity index is 1.44. The third-order valence-electron chi connectivity index (χ3n) is 7.27. The van der Waals surface area contributed by atoms with Crippen LogP contribution in [-0.2, 0) is 0 Å². The lowest BCUT2D eigenvalue weighted by atomic mass is 9.96. The molecule has 0 radical (unpaired) electrons.